The number of carbonyl (C=O) groups is 2. The lowest BCUT2D eigenvalue weighted by Crippen LogP contribution is -2.79. The number of likely N-dealkylation sites (tertiary alicyclic amines) is 1. The Kier molecular flexibility index (Phi) is 7.34. The molecule has 240 valence electrons. The Morgan fingerprint density at radius 3 is 2.62 bits per heavy atom. The second-order valence-electron chi connectivity index (χ2n) is 14.1. The third-order valence-electron chi connectivity index (χ3n) is 10.8. The molecule has 3 fully saturated rings. The monoisotopic (exact) mass is 622 g/mol. The van der Waals surface area contributed by atoms with Gasteiger partial charge in [-0.25, -0.2) is 0 Å². The largest absolute Gasteiger partial charge is 0.487 e. The van der Waals surface area contributed by atoms with E-state index in [1.165, 1.54) is 43.5 Å². The first-order chi connectivity index (χ1) is 21.4. The number of hydrogen-bond acceptors (Lipinski definition) is 5. The van der Waals surface area contributed by atoms with Gasteiger partial charge in [-0.1, -0.05) is 38.1 Å². The number of amides is 1. The summed E-state index contributed by atoms with van der Waals surface area (Å²) in [5, 5.41) is 0. The van der Waals surface area contributed by atoms with Gasteiger partial charge in [-0.15, -0.1) is 0 Å². The normalized spacial score (nSPS) is 30.2. The van der Waals surface area contributed by atoms with Gasteiger partial charge in [0.1, 0.15) is 17.5 Å². The molecule has 7 rings (SSSR count). The number of hydrogen-bond donors (Lipinski definition) is 0. The SMILES string of the molecule is CC(=O)O[C@@]12CCC(N(CC(C)C)C(=O)/C=C/c3cccc(C(F)(F)F)c3)C3Oc4cccc5c4[C@@]31CCN(CC1CC1)[C@@H]2C5. The number of esters is 1. The van der Waals surface area contributed by atoms with Crippen LogP contribution in [0.3, 0.4) is 0 Å². The van der Waals surface area contributed by atoms with Crippen LogP contribution in [-0.4, -0.2) is 65.1 Å². The molecule has 2 bridgehead atoms. The van der Waals surface area contributed by atoms with Crippen LogP contribution in [0.25, 0.3) is 6.08 Å². The summed E-state index contributed by atoms with van der Waals surface area (Å²) in [4.78, 5) is 31.4. The summed E-state index contributed by atoms with van der Waals surface area (Å²) in [7, 11) is 0. The molecule has 45 heavy (non-hydrogen) atoms. The first-order valence-electron chi connectivity index (χ1n) is 16.3. The van der Waals surface area contributed by atoms with Crippen molar-refractivity contribution in [3.05, 3.63) is 70.8 Å². The van der Waals surface area contributed by atoms with Crippen molar-refractivity contribution < 1.29 is 32.2 Å². The molecule has 5 atom stereocenters. The summed E-state index contributed by atoms with van der Waals surface area (Å²) in [6, 6.07) is 10.9. The molecule has 5 aliphatic rings. The van der Waals surface area contributed by atoms with Crippen molar-refractivity contribution in [1.29, 1.82) is 0 Å². The Morgan fingerprint density at radius 1 is 1.13 bits per heavy atom. The number of piperidine rings is 1. The van der Waals surface area contributed by atoms with E-state index in [2.05, 4.69) is 24.8 Å². The highest BCUT2D eigenvalue weighted by Crippen LogP contribution is 2.66. The Labute approximate surface area is 262 Å². The fraction of sp³-hybridized carbons (Fsp3) is 0.556. The number of halogens is 3. The second kappa shape index (κ2) is 10.9. The highest BCUT2D eigenvalue weighted by molar-refractivity contribution is 5.92. The lowest BCUT2D eigenvalue weighted by Gasteiger charge is -2.65. The summed E-state index contributed by atoms with van der Waals surface area (Å²) >= 11 is 0. The molecule has 6 nitrogen and oxygen atoms in total. The summed E-state index contributed by atoms with van der Waals surface area (Å²) in [5.74, 6) is 1.09. The van der Waals surface area contributed by atoms with Gasteiger partial charge >= 0.3 is 12.1 Å². The molecule has 2 unspecified atom stereocenters. The Hall–Kier alpha value is -3.33. The van der Waals surface area contributed by atoms with Gasteiger partial charge in [-0.3, -0.25) is 14.5 Å². The molecule has 3 aliphatic carbocycles. The van der Waals surface area contributed by atoms with E-state index >= 15 is 0 Å². The molecular formula is C36H41F3N2O4. The molecule has 0 aromatic heterocycles. The Bertz CT molecular complexity index is 1530. The van der Waals surface area contributed by atoms with Crippen LogP contribution in [0.2, 0.25) is 0 Å². The molecule has 1 saturated heterocycles. The molecule has 2 aromatic rings. The minimum Gasteiger partial charge on any atom is -0.487 e. The third kappa shape index (κ3) is 4.97. The van der Waals surface area contributed by atoms with E-state index in [0.717, 1.165) is 49.4 Å². The number of benzene rings is 2. The van der Waals surface area contributed by atoms with Gasteiger partial charge in [-0.05, 0) is 92.3 Å². The maximum Gasteiger partial charge on any atom is 0.416 e. The van der Waals surface area contributed by atoms with Crippen LogP contribution in [-0.2, 0) is 32.3 Å². The second-order valence-corrected chi connectivity index (χ2v) is 14.1. The molecule has 1 spiro atoms. The van der Waals surface area contributed by atoms with Gasteiger partial charge in [0.05, 0.1) is 23.1 Å². The smallest absolute Gasteiger partial charge is 0.416 e. The van der Waals surface area contributed by atoms with Crippen molar-refractivity contribution in [3.8, 4) is 5.75 Å². The Morgan fingerprint density at radius 2 is 1.91 bits per heavy atom. The van der Waals surface area contributed by atoms with E-state index in [0.29, 0.717) is 30.9 Å². The molecule has 2 aliphatic heterocycles. The van der Waals surface area contributed by atoms with Gasteiger partial charge < -0.3 is 14.4 Å². The van der Waals surface area contributed by atoms with Crippen molar-refractivity contribution in [1.82, 2.24) is 9.80 Å². The fourth-order valence-corrected chi connectivity index (χ4v) is 9.04. The summed E-state index contributed by atoms with van der Waals surface area (Å²) in [6.07, 6.45) is 3.20. The maximum absolute atomic E-state index is 14.0. The van der Waals surface area contributed by atoms with Crippen LogP contribution in [0.4, 0.5) is 13.2 Å². The van der Waals surface area contributed by atoms with E-state index in [9.17, 15) is 22.8 Å². The predicted octanol–water partition coefficient (Wildman–Crippen LogP) is 6.41. The molecule has 2 saturated carbocycles. The number of alkyl halides is 3. The maximum atomic E-state index is 14.0. The minimum absolute atomic E-state index is 0.0266. The lowest BCUT2D eigenvalue weighted by molar-refractivity contribution is -0.224. The number of rotatable bonds is 8. The summed E-state index contributed by atoms with van der Waals surface area (Å²) in [5.41, 5.74) is 0.558. The lowest BCUT2D eigenvalue weighted by atomic mass is 9.48. The van der Waals surface area contributed by atoms with Gasteiger partial charge in [0.2, 0.25) is 5.91 Å². The van der Waals surface area contributed by atoms with Crippen molar-refractivity contribution in [2.24, 2.45) is 11.8 Å². The number of nitrogens with zero attached hydrogens (tertiary/aromatic N) is 2. The molecule has 2 heterocycles. The van der Waals surface area contributed by atoms with Crippen LogP contribution in [0, 0.1) is 11.8 Å². The number of carbonyl (C=O) groups excluding carboxylic acids is 2. The van der Waals surface area contributed by atoms with Crippen LogP contribution in [0.1, 0.15) is 75.1 Å². The first kappa shape index (κ1) is 30.3. The van der Waals surface area contributed by atoms with Crippen LogP contribution in [0.15, 0.2) is 48.5 Å². The van der Waals surface area contributed by atoms with Gasteiger partial charge in [0.15, 0.2) is 0 Å². The molecule has 2 aromatic carbocycles. The minimum atomic E-state index is -4.47. The standard InChI is InChI=1S/C36H41F3N2O4/c1-22(2)20-41(31(43)13-12-24-6-4-8-27(18-24)36(37,38)39)28-14-15-35(45-23(3)42)30-19-26-7-5-9-29-32(26)34(35,33(28)44-29)16-17-40(30)21-25-10-11-25/h4-9,12-13,18,22,25,28,30,33H,10-11,14-17,19-21H2,1-3H3/b13-12+/t28?,30-,33?,34+,35-/m1/s1. The van der Waals surface area contributed by atoms with E-state index in [1.807, 2.05) is 17.0 Å². The summed E-state index contributed by atoms with van der Waals surface area (Å²) < 4.78 is 53.5. The third-order valence-corrected chi connectivity index (χ3v) is 10.8. The molecular weight excluding hydrogens is 581 g/mol. The highest BCUT2D eigenvalue weighted by atomic mass is 19.4. The topological polar surface area (TPSA) is 59.1 Å². The van der Waals surface area contributed by atoms with Crippen molar-refractivity contribution in [3.63, 3.8) is 0 Å². The van der Waals surface area contributed by atoms with Crippen LogP contribution < -0.4 is 4.74 Å². The van der Waals surface area contributed by atoms with Gasteiger partial charge in [-0.2, -0.15) is 13.2 Å². The van der Waals surface area contributed by atoms with Crippen molar-refractivity contribution >= 4 is 18.0 Å². The molecule has 1 amide bonds. The van der Waals surface area contributed by atoms with Crippen LogP contribution in [0.5, 0.6) is 5.75 Å². The number of ether oxygens (including phenoxy) is 2. The zero-order valence-corrected chi connectivity index (χ0v) is 26.1. The average Bonchev–Trinajstić information content (AvgIpc) is 3.73. The van der Waals surface area contributed by atoms with E-state index in [-0.39, 0.29) is 29.9 Å². The van der Waals surface area contributed by atoms with E-state index in [1.54, 1.807) is 6.07 Å². The molecule has 9 heteroatoms. The zero-order valence-electron chi connectivity index (χ0n) is 26.1. The highest BCUT2D eigenvalue weighted by Gasteiger charge is 2.75. The van der Waals surface area contributed by atoms with E-state index < -0.39 is 28.9 Å². The van der Waals surface area contributed by atoms with Crippen molar-refractivity contribution in [2.75, 3.05) is 19.6 Å². The Balaban J connectivity index is 1.28. The average molecular weight is 623 g/mol. The quantitative estimate of drug-likeness (QED) is 0.252. The molecule has 0 radical (unpaired) electrons. The van der Waals surface area contributed by atoms with E-state index in [4.69, 9.17) is 9.47 Å². The van der Waals surface area contributed by atoms with Crippen molar-refractivity contribution in [2.45, 2.75) is 94.7 Å². The zero-order chi connectivity index (χ0) is 31.7. The van der Waals surface area contributed by atoms with Gasteiger partial charge in [0.25, 0.3) is 0 Å². The van der Waals surface area contributed by atoms with Gasteiger partial charge in [0, 0.05) is 31.7 Å². The summed E-state index contributed by atoms with van der Waals surface area (Å²) in [6.45, 7) is 7.95. The first-order valence-corrected chi connectivity index (χ1v) is 16.3. The fourth-order valence-electron chi connectivity index (χ4n) is 9.04. The predicted molar refractivity (Wildman–Crippen MR) is 163 cm³/mol. The molecule has 0 N–H and O–H groups in total. The van der Waals surface area contributed by atoms with Crippen LogP contribution >= 0.6 is 0 Å².